The number of hydrogen-bond donors (Lipinski definition) is 0. The van der Waals surface area contributed by atoms with Crippen molar-refractivity contribution in [2.75, 3.05) is 0 Å². The number of halogens is 1. The van der Waals surface area contributed by atoms with Crippen molar-refractivity contribution < 1.29 is 4.92 Å². The molecule has 0 fully saturated rings. The molecule has 0 radical (unpaired) electrons. The molecule has 0 unspecified atom stereocenters. The Morgan fingerprint density at radius 2 is 1.95 bits per heavy atom. The van der Waals surface area contributed by atoms with Crippen LogP contribution in [0.1, 0.15) is 11.1 Å². The second-order valence-corrected chi connectivity index (χ2v) is 4.29. The summed E-state index contributed by atoms with van der Waals surface area (Å²) in [5.74, 6) is 0. The van der Waals surface area contributed by atoms with Gasteiger partial charge in [0.15, 0.2) is 0 Å². The lowest BCUT2D eigenvalue weighted by molar-refractivity contribution is -0.384. The molecule has 0 bridgehead atoms. The van der Waals surface area contributed by atoms with E-state index in [4.69, 9.17) is 16.9 Å². The van der Waals surface area contributed by atoms with E-state index in [1.807, 2.05) is 6.07 Å². The Hall–Kier alpha value is -2.71. The van der Waals surface area contributed by atoms with Crippen LogP contribution in [-0.2, 0) is 0 Å². The lowest BCUT2D eigenvalue weighted by atomic mass is 10.2. The fourth-order valence-corrected chi connectivity index (χ4v) is 1.68. The van der Waals surface area contributed by atoms with Gasteiger partial charge in [0.25, 0.3) is 5.69 Å². The topological polar surface area (TPSA) is 79.3 Å². The zero-order valence-corrected chi connectivity index (χ0v) is 10.9. The van der Waals surface area contributed by atoms with E-state index in [9.17, 15) is 10.1 Å². The number of aliphatic imine (C=N–C) groups is 1. The van der Waals surface area contributed by atoms with E-state index in [1.165, 1.54) is 24.4 Å². The molecule has 0 heterocycles. The number of nitrogens with zero attached hydrogens (tertiary/aromatic N) is 3. The fourth-order valence-electron chi connectivity index (χ4n) is 1.51. The summed E-state index contributed by atoms with van der Waals surface area (Å²) < 4.78 is 0. The van der Waals surface area contributed by atoms with Crippen molar-refractivity contribution in [1.82, 2.24) is 0 Å². The Balaban J connectivity index is 2.28. The Bertz CT molecular complexity index is 718. The summed E-state index contributed by atoms with van der Waals surface area (Å²) in [4.78, 5) is 14.4. The molecule has 0 N–H and O–H groups in total. The molecule has 0 spiro atoms. The Morgan fingerprint density at radius 3 is 2.55 bits per heavy atom. The van der Waals surface area contributed by atoms with Gasteiger partial charge in [-0.05, 0) is 30.3 Å². The van der Waals surface area contributed by atoms with Gasteiger partial charge in [0.1, 0.15) is 0 Å². The summed E-state index contributed by atoms with van der Waals surface area (Å²) in [6, 6.07) is 12.8. The minimum Gasteiger partial charge on any atom is -0.258 e. The summed E-state index contributed by atoms with van der Waals surface area (Å²) in [6.07, 6.45) is 1.46. The van der Waals surface area contributed by atoms with Crippen molar-refractivity contribution in [3.05, 3.63) is 68.7 Å². The second kappa shape index (κ2) is 5.95. The number of hydrogen-bond acceptors (Lipinski definition) is 4. The summed E-state index contributed by atoms with van der Waals surface area (Å²) in [5.41, 5.74) is 1.59. The first-order chi connectivity index (χ1) is 9.60. The molecular weight excluding hydrogens is 278 g/mol. The predicted octanol–water partition coefficient (Wildman–Crippen LogP) is 3.87. The monoisotopic (exact) mass is 285 g/mol. The van der Waals surface area contributed by atoms with E-state index in [0.29, 0.717) is 21.8 Å². The van der Waals surface area contributed by atoms with Gasteiger partial charge in [0.2, 0.25) is 0 Å². The molecule has 0 aliphatic carbocycles. The van der Waals surface area contributed by atoms with Crippen LogP contribution in [0.5, 0.6) is 0 Å². The van der Waals surface area contributed by atoms with E-state index in [2.05, 4.69) is 4.99 Å². The van der Waals surface area contributed by atoms with Crippen LogP contribution < -0.4 is 0 Å². The van der Waals surface area contributed by atoms with E-state index in [1.54, 1.807) is 24.3 Å². The van der Waals surface area contributed by atoms with E-state index < -0.39 is 4.92 Å². The van der Waals surface area contributed by atoms with Gasteiger partial charge in [0, 0.05) is 28.9 Å². The number of benzene rings is 2. The molecular formula is C14H8ClN3O2. The van der Waals surface area contributed by atoms with Gasteiger partial charge < -0.3 is 0 Å². The summed E-state index contributed by atoms with van der Waals surface area (Å²) >= 11 is 5.96. The van der Waals surface area contributed by atoms with Crippen molar-refractivity contribution in [3.8, 4) is 6.07 Å². The van der Waals surface area contributed by atoms with Gasteiger partial charge >= 0.3 is 0 Å². The Labute approximate surface area is 119 Å². The molecule has 0 aliphatic heterocycles. The van der Waals surface area contributed by atoms with Gasteiger partial charge in [-0.3, -0.25) is 15.1 Å². The van der Waals surface area contributed by atoms with Crippen LogP contribution in [0.2, 0.25) is 5.02 Å². The summed E-state index contributed by atoms with van der Waals surface area (Å²) in [5, 5.41) is 19.8. The highest BCUT2D eigenvalue weighted by Gasteiger charge is 2.08. The zero-order chi connectivity index (χ0) is 14.5. The third kappa shape index (κ3) is 3.19. The molecule has 0 saturated heterocycles. The molecule has 0 atom stereocenters. The minimum absolute atomic E-state index is 0.0457. The molecule has 2 rings (SSSR count). The smallest absolute Gasteiger partial charge is 0.258 e. The maximum Gasteiger partial charge on any atom is 0.270 e. The molecule has 2 aromatic carbocycles. The number of nitriles is 1. The van der Waals surface area contributed by atoms with Crippen LogP contribution in [0.3, 0.4) is 0 Å². The highest BCUT2D eigenvalue weighted by molar-refractivity contribution is 6.33. The highest BCUT2D eigenvalue weighted by atomic mass is 35.5. The fraction of sp³-hybridized carbons (Fsp3) is 0. The summed E-state index contributed by atoms with van der Waals surface area (Å²) in [7, 11) is 0. The van der Waals surface area contributed by atoms with Gasteiger partial charge in [-0.15, -0.1) is 0 Å². The molecule has 0 aromatic heterocycles. The first-order valence-electron chi connectivity index (χ1n) is 5.58. The third-order valence-corrected chi connectivity index (χ3v) is 2.88. The van der Waals surface area contributed by atoms with Gasteiger partial charge in [-0.1, -0.05) is 11.6 Å². The van der Waals surface area contributed by atoms with Crippen LogP contribution in [0, 0.1) is 21.4 Å². The van der Waals surface area contributed by atoms with Crippen molar-refractivity contribution in [1.29, 1.82) is 5.26 Å². The van der Waals surface area contributed by atoms with E-state index in [0.717, 1.165) is 0 Å². The van der Waals surface area contributed by atoms with E-state index >= 15 is 0 Å². The predicted molar refractivity (Wildman–Crippen MR) is 76.5 cm³/mol. The number of nitro groups is 1. The zero-order valence-electron chi connectivity index (χ0n) is 10.2. The van der Waals surface area contributed by atoms with Crippen LogP contribution in [-0.4, -0.2) is 11.1 Å². The van der Waals surface area contributed by atoms with Crippen LogP contribution >= 0.6 is 11.6 Å². The maximum absolute atomic E-state index is 10.7. The Kier molecular flexibility index (Phi) is 4.08. The standard InChI is InChI=1S/C14H8ClN3O2/c15-14-6-5-13(18(19)20)7-11(14)9-17-12-3-1-10(8-16)2-4-12/h1-7,9H. The molecule has 20 heavy (non-hydrogen) atoms. The average Bonchev–Trinajstić information content (AvgIpc) is 2.46. The largest absolute Gasteiger partial charge is 0.270 e. The van der Waals surface area contributed by atoms with Crippen molar-refractivity contribution >= 4 is 29.2 Å². The van der Waals surface area contributed by atoms with Crippen molar-refractivity contribution in [2.45, 2.75) is 0 Å². The first kappa shape index (κ1) is 13.7. The minimum atomic E-state index is -0.491. The molecule has 0 aliphatic rings. The van der Waals surface area contributed by atoms with Crippen LogP contribution in [0.15, 0.2) is 47.5 Å². The first-order valence-corrected chi connectivity index (χ1v) is 5.96. The number of non-ortho nitro benzene ring substituents is 1. The number of rotatable bonds is 3. The molecule has 0 amide bonds. The highest BCUT2D eigenvalue weighted by Crippen LogP contribution is 2.21. The average molecular weight is 286 g/mol. The Morgan fingerprint density at radius 1 is 1.25 bits per heavy atom. The van der Waals surface area contributed by atoms with Gasteiger partial charge in [-0.2, -0.15) is 5.26 Å². The third-order valence-electron chi connectivity index (χ3n) is 2.54. The molecule has 0 saturated carbocycles. The molecule has 2 aromatic rings. The lowest BCUT2D eigenvalue weighted by Crippen LogP contribution is -1.90. The molecule has 5 nitrogen and oxygen atoms in total. The molecule has 6 heteroatoms. The second-order valence-electron chi connectivity index (χ2n) is 3.88. The van der Waals surface area contributed by atoms with Crippen LogP contribution in [0.4, 0.5) is 11.4 Å². The summed E-state index contributed by atoms with van der Waals surface area (Å²) in [6.45, 7) is 0. The SMILES string of the molecule is N#Cc1ccc(N=Cc2cc([N+](=O)[O-])ccc2Cl)cc1. The van der Waals surface area contributed by atoms with Crippen molar-refractivity contribution in [2.24, 2.45) is 4.99 Å². The van der Waals surface area contributed by atoms with Gasteiger partial charge in [-0.25, -0.2) is 0 Å². The van der Waals surface area contributed by atoms with Gasteiger partial charge in [0.05, 0.1) is 22.2 Å². The quantitative estimate of drug-likeness (QED) is 0.488. The van der Waals surface area contributed by atoms with Crippen molar-refractivity contribution in [3.63, 3.8) is 0 Å². The normalized spacial score (nSPS) is 10.4. The van der Waals surface area contributed by atoms with Crippen LogP contribution in [0.25, 0.3) is 0 Å². The number of nitro benzene ring substituents is 1. The van der Waals surface area contributed by atoms with E-state index in [-0.39, 0.29) is 5.69 Å². The maximum atomic E-state index is 10.7. The lowest BCUT2D eigenvalue weighted by Gasteiger charge is -1.98. The molecule has 98 valence electrons.